The number of carbonyl (C=O) groups is 1. The molecule has 1 saturated heterocycles. The number of nitriles is 1. The first-order chi connectivity index (χ1) is 12.3. The van der Waals surface area contributed by atoms with E-state index in [0.717, 1.165) is 16.7 Å². The van der Waals surface area contributed by atoms with E-state index in [1.54, 1.807) is 35.4 Å². The molecular formula is C16H17N5O3S2. The Kier molecular flexibility index (Phi) is 5.11. The van der Waals surface area contributed by atoms with Gasteiger partial charge in [-0.05, 0) is 24.1 Å². The summed E-state index contributed by atoms with van der Waals surface area (Å²) in [5, 5.41) is 12.2. The summed E-state index contributed by atoms with van der Waals surface area (Å²) in [6.07, 6.45) is 5.47. The van der Waals surface area contributed by atoms with Crippen LogP contribution in [-0.2, 0) is 14.8 Å². The molecule has 8 nitrogen and oxygen atoms in total. The van der Waals surface area contributed by atoms with E-state index in [4.69, 9.17) is 5.26 Å². The van der Waals surface area contributed by atoms with Crippen molar-refractivity contribution in [3.8, 4) is 16.6 Å². The second kappa shape index (κ2) is 7.31. The Morgan fingerprint density at radius 1 is 1.38 bits per heavy atom. The van der Waals surface area contributed by atoms with E-state index < -0.39 is 10.0 Å². The topological polar surface area (TPSA) is 115 Å². The second-order valence-electron chi connectivity index (χ2n) is 6.00. The van der Waals surface area contributed by atoms with E-state index in [9.17, 15) is 13.2 Å². The summed E-state index contributed by atoms with van der Waals surface area (Å²) >= 11 is 1.34. The number of nitrogens with zero attached hydrogens (tertiary/aromatic N) is 3. The summed E-state index contributed by atoms with van der Waals surface area (Å²) in [7, 11) is -3.31. The first-order valence-electron chi connectivity index (χ1n) is 7.83. The molecule has 1 fully saturated rings. The third-order valence-corrected chi connectivity index (χ3v) is 5.48. The van der Waals surface area contributed by atoms with E-state index in [1.807, 2.05) is 0 Å². The number of thiazole rings is 1. The lowest BCUT2D eigenvalue weighted by molar-refractivity contribution is -0.119. The van der Waals surface area contributed by atoms with E-state index in [-0.39, 0.29) is 11.8 Å². The van der Waals surface area contributed by atoms with Crippen LogP contribution in [0.25, 0.3) is 10.4 Å². The normalized spacial score (nSPS) is 16.9. The number of hydrogen-bond acceptors (Lipinski definition) is 7. The maximum Gasteiger partial charge on any atom is 0.231 e. The van der Waals surface area contributed by atoms with Crippen LogP contribution >= 0.6 is 11.3 Å². The number of sulfonamides is 1. The number of nitrogens with one attached hydrogen (secondary N) is 2. The number of anilines is 2. The quantitative estimate of drug-likeness (QED) is 0.753. The average Bonchev–Trinajstić information content (AvgIpc) is 3.23. The molecule has 0 radical (unpaired) electrons. The van der Waals surface area contributed by atoms with Crippen LogP contribution < -0.4 is 10.0 Å². The predicted octanol–water partition coefficient (Wildman–Crippen LogP) is 1.92. The van der Waals surface area contributed by atoms with Gasteiger partial charge in [-0.15, -0.1) is 0 Å². The van der Waals surface area contributed by atoms with E-state index in [1.165, 1.54) is 11.3 Å². The number of benzene rings is 1. The smallest absolute Gasteiger partial charge is 0.231 e. The summed E-state index contributed by atoms with van der Waals surface area (Å²) < 4.78 is 24.9. The molecule has 10 heteroatoms. The Morgan fingerprint density at radius 2 is 2.12 bits per heavy atom. The van der Waals surface area contributed by atoms with Gasteiger partial charge in [0.15, 0.2) is 11.3 Å². The Bertz CT molecular complexity index is 947. The molecule has 0 aliphatic carbocycles. The van der Waals surface area contributed by atoms with Crippen LogP contribution in [0.2, 0.25) is 0 Å². The number of likely N-dealkylation sites (tertiary alicyclic amines) is 1. The fourth-order valence-electron chi connectivity index (χ4n) is 2.65. The molecule has 2 N–H and O–H groups in total. The Morgan fingerprint density at radius 3 is 2.73 bits per heavy atom. The van der Waals surface area contributed by atoms with Crippen molar-refractivity contribution in [2.24, 2.45) is 5.92 Å². The van der Waals surface area contributed by atoms with Crippen molar-refractivity contribution in [3.05, 3.63) is 30.5 Å². The molecule has 2 aromatic rings. The minimum atomic E-state index is -3.31. The summed E-state index contributed by atoms with van der Waals surface area (Å²) in [5.74, 6) is -0.334. The molecule has 1 aliphatic heterocycles. The van der Waals surface area contributed by atoms with Gasteiger partial charge in [-0.1, -0.05) is 23.5 Å². The maximum atomic E-state index is 12.3. The Hall–Kier alpha value is -2.64. The van der Waals surface area contributed by atoms with Gasteiger partial charge in [0, 0.05) is 25.0 Å². The van der Waals surface area contributed by atoms with Gasteiger partial charge < -0.3 is 10.2 Å². The minimum absolute atomic E-state index is 0.128. The molecule has 0 saturated carbocycles. The molecule has 1 aliphatic rings. The first-order valence-corrected chi connectivity index (χ1v) is 10.5. The van der Waals surface area contributed by atoms with Crippen molar-refractivity contribution < 1.29 is 13.2 Å². The molecule has 2 heterocycles. The lowest BCUT2D eigenvalue weighted by Crippen LogP contribution is -2.25. The van der Waals surface area contributed by atoms with Gasteiger partial charge in [0.25, 0.3) is 0 Å². The molecule has 136 valence electrons. The number of aromatic nitrogens is 1. The lowest BCUT2D eigenvalue weighted by atomic mass is 10.1. The van der Waals surface area contributed by atoms with Gasteiger partial charge in [0.2, 0.25) is 15.9 Å². The molecule has 3 rings (SSSR count). The van der Waals surface area contributed by atoms with Crippen LogP contribution in [0.1, 0.15) is 6.42 Å². The van der Waals surface area contributed by atoms with Gasteiger partial charge in [0.05, 0.1) is 17.1 Å². The molecule has 1 atom stereocenters. The van der Waals surface area contributed by atoms with Crippen molar-refractivity contribution >= 4 is 38.1 Å². The largest absolute Gasteiger partial charge is 0.310 e. The van der Waals surface area contributed by atoms with E-state index >= 15 is 0 Å². The second-order valence-corrected chi connectivity index (χ2v) is 8.78. The van der Waals surface area contributed by atoms with Gasteiger partial charge in [-0.25, -0.2) is 13.4 Å². The highest BCUT2D eigenvalue weighted by molar-refractivity contribution is 7.92. The van der Waals surface area contributed by atoms with Crippen molar-refractivity contribution in [3.63, 3.8) is 0 Å². The minimum Gasteiger partial charge on any atom is -0.310 e. The predicted molar refractivity (Wildman–Crippen MR) is 99.9 cm³/mol. The standard InChI is InChI=1S/C16H17N5O3S2/c1-26(23,24)20-13-4-2-11(3-5-13)14-8-18-16(25-14)19-15(22)12-6-7-21(9-12)10-17/h2-5,8,12,20H,6-7,9H2,1H3,(H,18,19,22). The van der Waals surface area contributed by atoms with E-state index in [2.05, 4.69) is 21.2 Å². The SMILES string of the molecule is CS(=O)(=O)Nc1ccc(-c2cnc(NC(=O)C3CCN(C#N)C3)s2)cc1. The van der Waals surface area contributed by atoms with E-state index in [0.29, 0.717) is 30.3 Å². The highest BCUT2D eigenvalue weighted by Gasteiger charge is 2.28. The lowest BCUT2D eigenvalue weighted by Gasteiger charge is -2.08. The molecule has 0 spiro atoms. The fourth-order valence-corrected chi connectivity index (χ4v) is 4.04. The fraction of sp³-hybridized carbons (Fsp3) is 0.312. The monoisotopic (exact) mass is 391 g/mol. The number of amides is 1. The van der Waals surface area contributed by atoms with Crippen molar-refractivity contribution in [2.75, 3.05) is 29.4 Å². The summed E-state index contributed by atoms with van der Waals surface area (Å²) in [4.78, 5) is 18.9. The summed E-state index contributed by atoms with van der Waals surface area (Å²) in [6, 6.07) is 6.91. The third-order valence-electron chi connectivity index (χ3n) is 3.91. The molecule has 26 heavy (non-hydrogen) atoms. The zero-order valence-electron chi connectivity index (χ0n) is 14.0. The molecule has 1 unspecified atom stereocenters. The van der Waals surface area contributed by atoms with Gasteiger partial charge in [-0.2, -0.15) is 5.26 Å². The highest BCUT2D eigenvalue weighted by Crippen LogP contribution is 2.30. The van der Waals surface area contributed by atoms with Crippen LogP contribution in [0, 0.1) is 17.4 Å². The van der Waals surface area contributed by atoms with Crippen LogP contribution in [0.3, 0.4) is 0 Å². The van der Waals surface area contributed by atoms with Crippen LogP contribution in [0.15, 0.2) is 30.5 Å². The third kappa shape index (κ3) is 4.50. The van der Waals surface area contributed by atoms with Crippen molar-refractivity contribution in [1.29, 1.82) is 5.26 Å². The Balaban J connectivity index is 1.64. The van der Waals surface area contributed by atoms with Gasteiger partial charge in [0.1, 0.15) is 0 Å². The van der Waals surface area contributed by atoms with Crippen LogP contribution in [0.5, 0.6) is 0 Å². The highest BCUT2D eigenvalue weighted by atomic mass is 32.2. The number of carbonyl (C=O) groups excluding carboxylic acids is 1. The summed E-state index contributed by atoms with van der Waals surface area (Å²) in [5.41, 5.74) is 1.36. The van der Waals surface area contributed by atoms with Crippen molar-refractivity contribution in [2.45, 2.75) is 6.42 Å². The molecule has 1 aromatic carbocycles. The zero-order valence-corrected chi connectivity index (χ0v) is 15.6. The summed E-state index contributed by atoms with van der Waals surface area (Å²) in [6.45, 7) is 1.04. The number of rotatable bonds is 5. The zero-order chi connectivity index (χ0) is 18.7. The number of hydrogen-bond donors (Lipinski definition) is 2. The molecular weight excluding hydrogens is 374 g/mol. The van der Waals surface area contributed by atoms with Gasteiger partial charge >= 0.3 is 0 Å². The first kappa shape index (κ1) is 18.2. The van der Waals surface area contributed by atoms with Crippen LogP contribution in [0.4, 0.5) is 10.8 Å². The van der Waals surface area contributed by atoms with Crippen LogP contribution in [-0.4, -0.2) is 43.6 Å². The average molecular weight is 391 g/mol. The van der Waals surface area contributed by atoms with Crippen molar-refractivity contribution in [1.82, 2.24) is 9.88 Å². The maximum absolute atomic E-state index is 12.3. The molecule has 1 amide bonds. The molecule has 1 aromatic heterocycles. The Labute approximate surface area is 155 Å². The van der Waals surface area contributed by atoms with Gasteiger partial charge in [-0.3, -0.25) is 9.52 Å². The molecule has 0 bridgehead atoms.